The number of benzene rings is 1. The Morgan fingerprint density at radius 3 is 2.60 bits per heavy atom. The lowest BCUT2D eigenvalue weighted by molar-refractivity contribution is 0.169. The molecule has 180 valence electrons. The Bertz CT molecular complexity index is 1440. The van der Waals surface area contributed by atoms with E-state index in [1.165, 1.54) is 0 Å². The SMILES string of the molecule is N#Cc1cc(CNC2CCN(C[C@@H]3Cn4c(=O)ccc5ccc(=O)n3c54)CC2)cc2c1OCCO2. The zero-order valence-electron chi connectivity index (χ0n) is 19.4. The van der Waals surface area contributed by atoms with Crippen LogP contribution in [0.15, 0.2) is 46.0 Å². The molecule has 3 aromatic rings. The summed E-state index contributed by atoms with van der Waals surface area (Å²) in [7, 11) is 0. The highest BCUT2D eigenvalue weighted by molar-refractivity contribution is 5.76. The second-order valence-electron chi connectivity index (χ2n) is 9.49. The number of piperidine rings is 1. The maximum absolute atomic E-state index is 12.7. The summed E-state index contributed by atoms with van der Waals surface area (Å²) in [6.07, 6.45) is 1.99. The van der Waals surface area contributed by atoms with E-state index in [4.69, 9.17) is 9.47 Å². The Balaban J connectivity index is 1.08. The number of nitrogens with zero attached hydrogens (tertiary/aromatic N) is 4. The van der Waals surface area contributed by atoms with Gasteiger partial charge >= 0.3 is 0 Å². The standard InChI is InChI=1S/C26H27N5O4/c27-13-19-11-17(12-22-25(19)35-10-9-34-22)14-28-20-5-7-29(8-6-20)15-21-16-30-23(32)3-1-18-2-4-24(33)31(21)26(18)30/h1-4,11-12,20-21,28H,5-10,14-16H2/t21-/m1/s1. The zero-order chi connectivity index (χ0) is 23.9. The molecule has 1 aromatic carbocycles. The fourth-order valence-electron chi connectivity index (χ4n) is 5.57. The van der Waals surface area contributed by atoms with Crippen LogP contribution in [0.3, 0.4) is 0 Å². The van der Waals surface area contributed by atoms with Crippen molar-refractivity contribution in [3.05, 3.63) is 68.2 Å². The average molecular weight is 474 g/mol. The molecular formula is C26H27N5O4. The number of pyridine rings is 2. The predicted octanol–water partition coefficient (Wildman–Crippen LogP) is 1.61. The number of likely N-dealkylation sites (tertiary alicyclic amines) is 1. The van der Waals surface area contributed by atoms with Crippen molar-refractivity contribution in [3.63, 3.8) is 0 Å². The third-order valence-corrected chi connectivity index (χ3v) is 7.29. The van der Waals surface area contributed by atoms with Gasteiger partial charge in [-0.1, -0.05) is 0 Å². The van der Waals surface area contributed by atoms with Crippen LogP contribution in [0.25, 0.3) is 11.0 Å². The fraction of sp³-hybridized carbons (Fsp3) is 0.423. The first-order chi connectivity index (χ1) is 17.1. The molecule has 3 aliphatic heterocycles. The average Bonchev–Trinajstić information content (AvgIpc) is 3.28. The normalized spacial score (nSPS) is 19.7. The number of rotatable bonds is 5. The van der Waals surface area contributed by atoms with Gasteiger partial charge in [-0.05, 0) is 55.8 Å². The maximum Gasteiger partial charge on any atom is 0.252 e. The summed E-state index contributed by atoms with van der Waals surface area (Å²) >= 11 is 0. The lowest BCUT2D eigenvalue weighted by atomic mass is 10.0. The van der Waals surface area contributed by atoms with E-state index in [0.29, 0.717) is 49.4 Å². The molecule has 1 saturated heterocycles. The first-order valence-electron chi connectivity index (χ1n) is 12.1. The van der Waals surface area contributed by atoms with Crippen molar-refractivity contribution in [3.8, 4) is 17.6 Å². The highest BCUT2D eigenvalue weighted by Gasteiger charge is 2.29. The molecule has 0 bridgehead atoms. The van der Waals surface area contributed by atoms with E-state index in [1.807, 2.05) is 12.1 Å². The van der Waals surface area contributed by atoms with Gasteiger partial charge in [0, 0.05) is 43.2 Å². The first-order valence-corrected chi connectivity index (χ1v) is 12.1. The smallest absolute Gasteiger partial charge is 0.252 e. The largest absolute Gasteiger partial charge is 0.486 e. The van der Waals surface area contributed by atoms with E-state index in [0.717, 1.165) is 49.1 Å². The fourth-order valence-corrected chi connectivity index (χ4v) is 5.57. The molecule has 0 spiro atoms. The lowest BCUT2D eigenvalue weighted by Crippen LogP contribution is -2.44. The van der Waals surface area contributed by atoms with Crippen molar-refractivity contribution in [2.24, 2.45) is 0 Å². The Labute approximate surface area is 202 Å². The van der Waals surface area contributed by atoms with Gasteiger partial charge in [0.1, 0.15) is 24.9 Å². The van der Waals surface area contributed by atoms with Crippen LogP contribution in [0.1, 0.15) is 30.0 Å². The molecule has 0 unspecified atom stereocenters. The highest BCUT2D eigenvalue weighted by Crippen LogP contribution is 2.35. The van der Waals surface area contributed by atoms with Crippen LogP contribution in [0.5, 0.6) is 11.5 Å². The quantitative estimate of drug-likeness (QED) is 0.601. The van der Waals surface area contributed by atoms with Gasteiger partial charge in [0.15, 0.2) is 11.5 Å². The first kappa shape index (κ1) is 21.9. The van der Waals surface area contributed by atoms with Crippen molar-refractivity contribution in [2.75, 3.05) is 32.8 Å². The van der Waals surface area contributed by atoms with Gasteiger partial charge in [0.2, 0.25) is 0 Å². The minimum atomic E-state index is -0.0547. The zero-order valence-corrected chi connectivity index (χ0v) is 19.4. The maximum atomic E-state index is 12.7. The van der Waals surface area contributed by atoms with Crippen LogP contribution < -0.4 is 25.9 Å². The molecule has 9 heteroatoms. The van der Waals surface area contributed by atoms with Crippen LogP contribution in [0.4, 0.5) is 0 Å². The van der Waals surface area contributed by atoms with E-state index in [1.54, 1.807) is 33.4 Å². The number of nitriles is 1. The number of fused-ring (bicyclic) bond motifs is 1. The number of hydrogen-bond donors (Lipinski definition) is 1. The van der Waals surface area contributed by atoms with Gasteiger partial charge in [-0.25, -0.2) is 0 Å². The molecule has 0 radical (unpaired) electrons. The molecule has 35 heavy (non-hydrogen) atoms. The number of ether oxygens (including phenoxy) is 2. The highest BCUT2D eigenvalue weighted by atomic mass is 16.6. The van der Waals surface area contributed by atoms with Crippen molar-refractivity contribution in [1.29, 1.82) is 5.26 Å². The van der Waals surface area contributed by atoms with E-state index in [9.17, 15) is 14.9 Å². The van der Waals surface area contributed by atoms with Crippen molar-refractivity contribution >= 4 is 11.0 Å². The molecule has 6 rings (SSSR count). The Hall–Kier alpha value is -3.61. The Morgan fingerprint density at radius 2 is 1.80 bits per heavy atom. The number of aromatic nitrogens is 2. The predicted molar refractivity (Wildman–Crippen MR) is 130 cm³/mol. The van der Waals surface area contributed by atoms with Crippen molar-refractivity contribution < 1.29 is 9.47 Å². The van der Waals surface area contributed by atoms with Crippen LogP contribution >= 0.6 is 0 Å². The summed E-state index contributed by atoms with van der Waals surface area (Å²) in [6.45, 7) is 4.76. The molecule has 2 aromatic heterocycles. The summed E-state index contributed by atoms with van der Waals surface area (Å²) in [4.78, 5) is 27.4. The summed E-state index contributed by atoms with van der Waals surface area (Å²) in [5, 5.41) is 14.0. The molecule has 1 atom stereocenters. The van der Waals surface area contributed by atoms with Crippen molar-refractivity contribution in [2.45, 2.75) is 38.0 Å². The van der Waals surface area contributed by atoms with E-state index in [-0.39, 0.29) is 17.2 Å². The minimum absolute atomic E-state index is 0.0343. The van der Waals surface area contributed by atoms with Gasteiger partial charge < -0.3 is 19.7 Å². The van der Waals surface area contributed by atoms with Gasteiger partial charge in [-0.2, -0.15) is 5.26 Å². The van der Waals surface area contributed by atoms with Crippen LogP contribution in [-0.2, 0) is 13.1 Å². The second kappa shape index (κ2) is 8.87. The van der Waals surface area contributed by atoms with E-state index >= 15 is 0 Å². The van der Waals surface area contributed by atoms with Gasteiger partial charge in [0.05, 0.1) is 11.6 Å². The minimum Gasteiger partial charge on any atom is -0.486 e. The van der Waals surface area contributed by atoms with Crippen LogP contribution in [0, 0.1) is 11.3 Å². The van der Waals surface area contributed by atoms with E-state index < -0.39 is 0 Å². The molecule has 3 aliphatic rings. The van der Waals surface area contributed by atoms with Crippen LogP contribution in [0.2, 0.25) is 0 Å². The summed E-state index contributed by atoms with van der Waals surface area (Å²) in [6, 6.07) is 13.1. The summed E-state index contributed by atoms with van der Waals surface area (Å²) < 4.78 is 14.8. The Morgan fingerprint density at radius 1 is 1.03 bits per heavy atom. The van der Waals surface area contributed by atoms with E-state index in [2.05, 4.69) is 16.3 Å². The molecule has 1 fully saturated rings. The monoisotopic (exact) mass is 473 g/mol. The molecule has 0 aliphatic carbocycles. The summed E-state index contributed by atoms with van der Waals surface area (Å²) in [5.74, 6) is 1.19. The third-order valence-electron chi connectivity index (χ3n) is 7.29. The van der Waals surface area contributed by atoms with Crippen LogP contribution in [-0.4, -0.2) is 52.9 Å². The van der Waals surface area contributed by atoms with Gasteiger partial charge in [0.25, 0.3) is 11.1 Å². The molecule has 5 heterocycles. The Kier molecular flexibility index (Phi) is 5.55. The number of hydrogen-bond acceptors (Lipinski definition) is 7. The van der Waals surface area contributed by atoms with Gasteiger partial charge in [-0.3, -0.25) is 18.7 Å². The lowest BCUT2D eigenvalue weighted by Gasteiger charge is -2.34. The molecule has 0 amide bonds. The third kappa shape index (κ3) is 3.99. The number of nitrogens with one attached hydrogen (secondary N) is 1. The van der Waals surface area contributed by atoms with Gasteiger partial charge in [-0.15, -0.1) is 0 Å². The van der Waals surface area contributed by atoms with Crippen molar-refractivity contribution in [1.82, 2.24) is 19.4 Å². The molecule has 9 nitrogen and oxygen atoms in total. The molecule has 1 N–H and O–H groups in total. The molecule has 0 saturated carbocycles. The summed E-state index contributed by atoms with van der Waals surface area (Å²) in [5.41, 5.74) is 2.15. The topological polar surface area (TPSA) is 102 Å². The second-order valence-corrected chi connectivity index (χ2v) is 9.49. The molecular weight excluding hydrogens is 446 g/mol.